The summed E-state index contributed by atoms with van der Waals surface area (Å²) in [6.45, 7) is 3.75. The molecule has 0 fully saturated rings. The molecule has 0 radical (unpaired) electrons. The highest BCUT2D eigenvalue weighted by Gasteiger charge is 2.12. The number of hydrogen-bond acceptors (Lipinski definition) is 5. The molecule has 0 bridgehead atoms. The number of aryl methyl sites for hydroxylation is 2. The van der Waals surface area contributed by atoms with Crippen LogP contribution in [0.5, 0.6) is 5.75 Å². The third kappa shape index (κ3) is 4.25. The van der Waals surface area contributed by atoms with Gasteiger partial charge in [0.05, 0.1) is 19.0 Å². The zero-order valence-electron chi connectivity index (χ0n) is 16.1. The van der Waals surface area contributed by atoms with Crippen LogP contribution in [0.15, 0.2) is 53.5 Å². The summed E-state index contributed by atoms with van der Waals surface area (Å²) in [7, 11) is 1.57. The lowest BCUT2D eigenvalue weighted by Crippen LogP contribution is -2.31. The number of amides is 1. The number of aromatic nitrogens is 3. The molecule has 2 aromatic carbocycles. The molecule has 1 aromatic heterocycles. The number of hydrogen-bond donors (Lipinski definition) is 1. The van der Waals surface area contributed by atoms with Crippen molar-refractivity contribution in [1.29, 1.82) is 0 Å². The van der Waals surface area contributed by atoms with Crippen LogP contribution in [-0.2, 0) is 17.8 Å². The van der Waals surface area contributed by atoms with Crippen LogP contribution >= 0.6 is 0 Å². The Morgan fingerprint density at radius 2 is 2.00 bits per heavy atom. The van der Waals surface area contributed by atoms with Gasteiger partial charge < -0.3 is 10.1 Å². The van der Waals surface area contributed by atoms with E-state index < -0.39 is 5.69 Å². The van der Waals surface area contributed by atoms with Gasteiger partial charge in [0, 0.05) is 11.3 Å². The van der Waals surface area contributed by atoms with Crippen LogP contribution in [0.1, 0.15) is 18.1 Å². The zero-order valence-corrected chi connectivity index (χ0v) is 16.1. The largest absolute Gasteiger partial charge is 0.497 e. The number of ether oxygens (including phenoxy) is 1. The van der Waals surface area contributed by atoms with Gasteiger partial charge in [-0.3, -0.25) is 4.79 Å². The van der Waals surface area contributed by atoms with E-state index in [0.29, 0.717) is 17.0 Å². The van der Waals surface area contributed by atoms with Crippen LogP contribution in [0.2, 0.25) is 0 Å². The minimum Gasteiger partial charge on any atom is -0.497 e. The number of nitrogens with zero attached hydrogens (tertiary/aromatic N) is 3. The Morgan fingerprint density at radius 1 is 1.21 bits per heavy atom. The molecule has 0 saturated carbocycles. The van der Waals surface area contributed by atoms with Gasteiger partial charge in [-0.2, -0.15) is 10.1 Å². The van der Waals surface area contributed by atoms with Crippen molar-refractivity contribution >= 4 is 11.6 Å². The normalized spacial score (nSPS) is 10.5. The first-order chi connectivity index (χ1) is 13.5. The minimum atomic E-state index is -0.587. The van der Waals surface area contributed by atoms with Gasteiger partial charge in [-0.05, 0) is 36.6 Å². The Kier molecular flexibility index (Phi) is 5.84. The first kappa shape index (κ1) is 19.3. The highest BCUT2D eigenvalue weighted by atomic mass is 16.5. The Morgan fingerprint density at radius 3 is 2.71 bits per heavy atom. The molecule has 1 amide bonds. The SMILES string of the molecule is CCc1cccc(C)c1NC(=O)Cn1ncc(-c2cccc(OC)c2)nc1=O. The minimum absolute atomic E-state index is 0.207. The molecule has 3 aromatic rings. The number of nitrogens with one attached hydrogen (secondary N) is 1. The first-order valence-corrected chi connectivity index (χ1v) is 8.98. The van der Waals surface area contributed by atoms with Gasteiger partial charge in [0.15, 0.2) is 0 Å². The van der Waals surface area contributed by atoms with Gasteiger partial charge in [-0.25, -0.2) is 9.48 Å². The predicted octanol–water partition coefficient (Wildman–Crippen LogP) is 2.82. The molecular formula is C21H22N4O3. The Labute approximate surface area is 163 Å². The lowest BCUT2D eigenvalue weighted by molar-refractivity contribution is -0.117. The van der Waals surface area contributed by atoms with Gasteiger partial charge in [-0.1, -0.05) is 37.3 Å². The molecule has 0 aliphatic carbocycles. The average molecular weight is 378 g/mol. The maximum Gasteiger partial charge on any atom is 0.365 e. The lowest BCUT2D eigenvalue weighted by Gasteiger charge is -2.13. The van der Waals surface area contributed by atoms with E-state index >= 15 is 0 Å². The summed E-state index contributed by atoms with van der Waals surface area (Å²) in [6, 6.07) is 13.1. The third-order valence-corrected chi connectivity index (χ3v) is 4.42. The van der Waals surface area contributed by atoms with Crippen molar-refractivity contribution in [3.05, 3.63) is 70.3 Å². The van der Waals surface area contributed by atoms with Crippen LogP contribution in [0.3, 0.4) is 0 Å². The van der Waals surface area contributed by atoms with Crippen molar-refractivity contribution in [3.8, 4) is 17.0 Å². The van der Waals surface area contributed by atoms with Crippen molar-refractivity contribution in [2.45, 2.75) is 26.8 Å². The molecule has 0 saturated heterocycles. The number of benzene rings is 2. The van der Waals surface area contributed by atoms with E-state index in [9.17, 15) is 9.59 Å². The Hall–Kier alpha value is -3.48. The quantitative estimate of drug-likeness (QED) is 0.713. The van der Waals surface area contributed by atoms with Crippen molar-refractivity contribution in [3.63, 3.8) is 0 Å². The van der Waals surface area contributed by atoms with E-state index in [2.05, 4.69) is 15.4 Å². The first-order valence-electron chi connectivity index (χ1n) is 8.98. The molecule has 0 atom stereocenters. The van der Waals surface area contributed by atoms with Crippen LogP contribution in [-0.4, -0.2) is 27.8 Å². The standard InChI is InChI=1S/C21H22N4O3/c1-4-15-8-5-7-14(2)20(15)24-19(26)13-25-21(27)23-18(12-22-25)16-9-6-10-17(11-16)28-3/h5-12H,4,13H2,1-3H3,(H,24,26). The van der Waals surface area contributed by atoms with Crippen LogP contribution in [0, 0.1) is 6.92 Å². The second-order valence-electron chi connectivity index (χ2n) is 6.32. The molecule has 0 spiro atoms. The molecule has 28 heavy (non-hydrogen) atoms. The van der Waals surface area contributed by atoms with Crippen molar-refractivity contribution in [2.75, 3.05) is 12.4 Å². The Balaban J connectivity index is 1.78. The molecule has 144 valence electrons. The summed E-state index contributed by atoms with van der Waals surface area (Å²) >= 11 is 0. The topological polar surface area (TPSA) is 86.1 Å². The average Bonchev–Trinajstić information content (AvgIpc) is 2.71. The van der Waals surface area contributed by atoms with E-state index in [0.717, 1.165) is 27.9 Å². The maximum atomic E-state index is 12.4. The summed E-state index contributed by atoms with van der Waals surface area (Å²) in [5, 5.41) is 6.98. The van der Waals surface area contributed by atoms with Gasteiger partial charge >= 0.3 is 5.69 Å². The van der Waals surface area contributed by atoms with Crippen LogP contribution in [0.4, 0.5) is 5.69 Å². The molecule has 0 unspecified atom stereocenters. The molecule has 0 aliphatic heterocycles. The number of carbonyl (C=O) groups is 1. The molecule has 1 N–H and O–H groups in total. The second-order valence-corrected chi connectivity index (χ2v) is 6.32. The predicted molar refractivity (Wildman–Crippen MR) is 107 cm³/mol. The van der Waals surface area contributed by atoms with Crippen LogP contribution in [0.25, 0.3) is 11.3 Å². The smallest absolute Gasteiger partial charge is 0.365 e. The zero-order chi connectivity index (χ0) is 20.1. The lowest BCUT2D eigenvalue weighted by atomic mass is 10.1. The third-order valence-electron chi connectivity index (χ3n) is 4.42. The van der Waals surface area contributed by atoms with E-state index in [1.165, 1.54) is 6.20 Å². The van der Waals surface area contributed by atoms with Gasteiger partial charge in [0.1, 0.15) is 12.3 Å². The number of rotatable bonds is 6. The summed E-state index contributed by atoms with van der Waals surface area (Å²) < 4.78 is 6.23. The van der Waals surface area contributed by atoms with Gasteiger partial charge in [-0.15, -0.1) is 0 Å². The van der Waals surface area contributed by atoms with E-state index in [1.54, 1.807) is 19.2 Å². The molecule has 1 heterocycles. The summed E-state index contributed by atoms with van der Waals surface area (Å²) in [5.74, 6) is 0.336. The molecule has 0 aliphatic rings. The number of para-hydroxylation sites is 1. The summed E-state index contributed by atoms with van der Waals surface area (Å²) in [4.78, 5) is 28.8. The highest BCUT2D eigenvalue weighted by molar-refractivity contribution is 5.92. The molecule has 3 rings (SSSR count). The van der Waals surface area contributed by atoms with Gasteiger partial charge in [0.2, 0.25) is 5.91 Å². The number of carbonyl (C=O) groups excluding carboxylic acids is 1. The molecule has 7 nitrogen and oxygen atoms in total. The van der Waals surface area contributed by atoms with E-state index in [4.69, 9.17) is 4.74 Å². The van der Waals surface area contributed by atoms with Crippen LogP contribution < -0.4 is 15.7 Å². The monoisotopic (exact) mass is 378 g/mol. The van der Waals surface area contributed by atoms with Crippen molar-refractivity contribution in [1.82, 2.24) is 14.8 Å². The number of methoxy groups -OCH3 is 1. The number of anilines is 1. The van der Waals surface area contributed by atoms with Crippen molar-refractivity contribution in [2.24, 2.45) is 0 Å². The fourth-order valence-corrected chi connectivity index (χ4v) is 2.91. The molecular weight excluding hydrogens is 356 g/mol. The van der Waals surface area contributed by atoms with E-state index in [1.807, 2.05) is 44.2 Å². The summed E-state index contributed by atoms with van der Waals surface area (Å²) in [5.41, 5.74) is 3.35. The van der Waals surface area contributed by atoms with E-state index in [-0.39, 0.29) is 12.5 Å². The van der Waals surface area contributed by atoms with Crippen molar-refractivity contribution < 1.29 is 9.53 Å². The maximum absolute atomic E-state index is 12.4. The highest BCUT2D eigenvalue weighted by Crippen LogP contribution is 2.21. The molecule has 7 heteroatoms. The Bertz CT molecular complexity index is 1060. The second kappa shape index (κ2) is 8.47. The fourth-order valence-electron chi connectivity index (χ4n) is 2.91. The van der Waals surface area contributed by atoms with Gasteiger partial charge in [0.25, 0.3) is 0 Å². The summed E-state index contributed by atoms with van der Waals surface area (Å²) in [6.07, 6.45) is 2.26. The fraction of sp³-hybridized carbons (Fsp3) is 0.238.